The van der Waals surface area contributed by atoms with E-state index in [1.165, 1.54) is 4.90 Å². The van der Waals surface area contributed by atoms with E-state index in [1.807, 2.05) is 6.92 Å². The third-order valence-corrected chi connectivity index (χ3v) is 7.15. The standard InChI is InChI=1S/C20H32BrN3O5/c1-3-5-6-8-23-18(27)16-20-11-12(21)15(29-20)13(17(26)22-7-4-2)14(20)19(28)24(16)9-10-25/h12-16,25H,3-11H2,1-2H3,(H,22,26)(H,23,27)/t12?,13-,14-,15-,16?,20?/m0/s1. The molecule has 3 heterocycles. The second-order valence-corrected chi connectivity index (χ2v) is 9.38. The van der Waals surface area contributed by atoms with Gasteiger partial charge in [-0.2, -0.15) is 0 Å². The molecular weight excluding hydrogens is 442 g/mol. The first-order chi connectivity index (χ1) is 13.9. The SMILES string of the molecule is CCCCCNC(=O)C1N(CCO)C(=O)[C@@H]2[C@H](C(=O)NCCC)[C@H]3OC12CC3Br. The number of halogens is 1. The number of carbonyl (C=O) groups is 3. The molecule has 8 nitrogen and oxygen atoms in total. The number of ether oxygens (including phenoxy) is 1. The van der Waals surface area contributed by atoms with Gasteiger partial charge in [0.1, 0.15) is 11.6 Å². The first-order valence-electron chi connectivity index (χ1n) is 10.7. The van der Waals surface area contributed by atoms with Crippen molar-refractivity contribution in [1.29, 1.82) is 0 Å². The normalized spacial score (nSPS) is 35.1. The Balaban J connectivity index is 1.88. The van der Waals surface area contributed by atoms with E-state index in [0.29, 0.717) is 19.5 Å². The molecule has 3 N–H and O–H groups in total. The second-order valence-electron chi connectivity index (χ2n) is 8.21. The Morgan fingerprint density at radius 1 is 1.21 bits per heavy atom. The van der Waals surface area contributed by atoms with E-state index in [2.05, 4.69) is 33.5 Å². The molecule has 3 amide bonds. The largest absolute Gasteiger partial charge is 0.395 e. The van der Waals surface area contributed by atoms with Crippen LogP contribution in [0.5, 0.6) is 0 Å². The van der Waals surface area contributed by atoms with E-state index >= 15 is 0 Å². The summed E-state index contributed by atoms with van der Waals surface area (Å²) in [5, 5.41) is 15.3. The zero-order valence-electron chi connectivity index (χ0n) is 17.2. The quantitative estimate of drug-likeness (QED) is 0.317. The van der Waals surface area contributed by atoms with Gasteiger partial charge in [-0.15, -0.1) is 0 Å². The Bertz CT molecular complexity index is 648. The highest BCUT2D eigenvalue weighted by Gasteiger charge is 2.76. The van der Waals surface area contributed by atoms with Crippen molar-refractivity contribution >= 4 is 33.7 Å². The molecule has 0 aromatic carbocycles. The number of carbonyl (C=O) groups excluding carboxylic acids is 3. The fraction of sp³-hybridized carbons (Fsp3) is 0.850. The predicted molar refractivity (Wildman–Crippen MR) is 110 cm³/mol. The van der Waals surface area contributed by atoms with Crippen molar-refractivity contribution in [2.24, 2.45) is 11.8 Å². The third kappa shape index (κ3) is 3.81. The first kappa shape index (κ1) is 22.5. The number of rotatable bonds is 10. The number of nitrogens with one attached hydrogen (secondary N) is 2. The third-order valence-electron chi connectivity index (χ3n) is 6.31. The molecule has 0 aliphatic carbocycles. The lowest BCUT2D eigenvalue weighted by molar-refractivity contribution is -0.142. The van der Waals surface area contributed by atoms with Gasteiger partial charge in [0.15, 0.2) is 0 Å². The number of aliphatic hydroxyl groups excluding tert-OH is 1. The van der Waals surface area contributed by atoms with Gasteiger partial charge in [-0.1, -0.05) is 42.6 Å². The summed E-state index contributed by atoms with van der Waals surface area (Å²) in [5.41, 5.74) is -1.03. The van der Waals surface area contributed by atoms with Crippen LogP contribution in [-0.2, 0) is 19.1 Å². The van der Waals surface area contributed by atoms with Gasteiger partial charge in [-0.25, -0.2) is 0 Å². The monoisotopic (exact) mass is 473 g/mol. The highest BCUT2D eigenvalue weighted by molar-refractivity contribution is 9.09. The van der Waals surface area contributed by atoms with Crippen LogP contribution in [0.4, 0.5) is 0 Å². The molecule has 3 unspecified atom stereocenters. The minimum absolute atomic E-state index is 0.0500. The number of hydrogen-bond acceptors (Lipinski definition) is 5. The van der Waals surface area contributed by atoms with Gasteiger partial charge in [0.25, 0.3) is 0 Å². The average Bonchev–Trinajstić information content (AvgIpc) is 3.27. The Morgan fingerprint density at radius 3 is 2.59 bits per heavy atom. The maximum atomic E-state index is 13.3. The van der Waals surface area contributed by atoms with Gasteiger partial charge in [-0.05, 0) is 19.3 Å². The van der Waals surface area contributed by atoms with Crippen LogP contribution in [-0.4, -0.2) is 76.5 Å². The van der Waals surface area contributed by atoms with Crippen LogP contribution < -0.4 is 10.6 Å². The molecule has 3 aliphatic rings. The van der Waals surface area contributed by atoms with Crippen molar-refractivity contribution in [2.45, 2.75) is 68.5 Å². The molecule has 6 atom stereocenters. The Kier molecular flexibility index (Phi) is 7.22. The molecule has 29 heavy (non-hydrogen) atoms. The highest BCUT2D eigenvalue weighted by Crippen LogP contribution is 2.59. The number of nitrogens with zero attached hydrogens (tertiary/aromatic N) is 1. The summed E-state index contributed by atoms with van der Waals surface area (Å²) in [7, 11) is 0. The van der Waals surface area contributed by atoms with Gasteiger partial charge in [-0.3, -0.25) is 14.4 Å². The van der Waals surface area contributed by atoms with E-state index in [-0.39, 0.29) is 35.7 Å². The number of likely N-dealkylation sites (tertiary alicyclic amines) is 1. The number of fused-ring (bicyclic) bond motifs is 1. The van der Waals surface area contributed by atoms with Crippen LogP contribution in [0.15, 0.2) is 0 Å². The Labute approximate surface area is 180 Å². The van der Waals surface area contributed by atoms with Crippen LogP contribution >= 0.6 is 15.9 Å². The summed E-state index contributed by atoms with van der Waals surface area (Å²) < 4.78 is 6.31. The van der Waals surface area contributed by atoms with E-state index in [0.717, 1.165) is 25.7 Å². The maximum Gasteiger partial charge on any atom is 0.245 e. The van der Waals surface area contributed by atoms with Crippen LogP contribution in [0.25, 0.3) is 0 Å². The fourth-order valence-corrected chi connectivity index (χ4v) is 6.07. The average molecular weight is 474 g/mol. The lowest BCUT2D eigenvalue weighted by Gasteiger charge is -2.34. The van der Waals surface area contributed by atoms with Gasteiger partial charge in [0.2, 0.25) is 17.7 Å². The molecule has 9 heteroatoms. The number of alkyl halides is 1. The lowest BCUT2D eigenvalue weighted by Crippen LogP contribution is -2.56. The molecule has 1 spiro atoms. The Morgan fingerprint density at radius 2 is 1.93 bits per heavy atom. The van der Waals surface area contributed by atoms with Crippen LogP contribution in [0.1, 0.15) is 46.0 Å². The Hall–Kier alpha value is -1.19. The highest BCUT2D eigenvalue weighted by atomic mass is 79.9. The number of amides is 3. The fourth-order valence-electron chi connectivity index (χ4n) is 5.13. The summed E-state index contributed by atoms with van der Waals surface area (Å²) in [6.45, 7) is 4.93. The topological polar surface area (TPSA) is 108 Å². The van der Waals surface area contributed by atoms with E-state index in [4.69, 9.17) is 4.74 Å². The lowest BCUT2D eigenvalue weighted by atomic mass is 9.70. The number of unbranched alkanes of at least 4 members (excludes halogenated alkanes) is 2. The summed E-state index contributed by atoms with van der Waals surface area (Å²) in [6, 6.07) is -0.831. The molecular formula is C20H32BrN3O5. The van der Waals surface area contributed by atoms with E-state index < -0.39 is 29.6 Å². The predicted octanol–water partition coefficient (Wildman–Crippen LogP) is 0.559. The molecule has 3 saturated heterocycles. The van der Waals surface area contributed by atoms with Gasteiger partial charge >= 0.3 is 0 Å². The molecule has 2 bridgehead atoms. The maximum absolute atomic E-state index is 13.3. The number of aliphatic hydroxyl groups is 1. The van der Waals surface area contributed by atoms with Crippen molar-refractivity contribution in [1.82, 2.24) is 15.5 Å². The molecule has 3 fully saturated rings. The van der Waals surface area contributed by atoms with Gasteiger partial charge in [0.05, 0.1) is 24.5 Å². The smallest absolute Gasteiger partial charge is 0.245 e. The summed E-state index contributed by atoms with van der Waals surface area (Å²) in [5.74, 6) is -2.07. The van der Waals surface area contributed by atoms with Crippen molar-refractivity contribution in [3.05, 3.63) is 0 Å². The molecule has 0 saturated carbocycles. The molecule has 3 rings (SSSR count). The van der Waals surface area contributed by atoms with Crippen LogP contribution in [0.3, 0.4) is 0 Å². The molecule has 164 valence electrons. The van der Waals surface area contributed by atoms with Crippen molar-refractivity contribution < 1.29 is 24.2 Å². The molecule has 0 radical (unpaired) electrons. The zero-order valence-corrected chi connectivity index (χ0v) is 18.7. The zero-order chi connectivity index (χ0) is 21.2. The molecule has 3 aliphatic heterocycles. The summed E-state index contributed by atoms with van der Waals surface area (Å²) in [6.07, 6.45) is 3.77. The minimum Gasteiger partial charge on any atom is -0.395 e. The van der Waals surface area contributed by atoms with Crippen molar-refractivity contribution in [3.63, 3.8) is 0 Å². The van der Waals surface area contributed by atoms with Crippen molar-refractivity contribution in [3.8, 4) is 0 Å². The molecule has 0 aromatic heterocycles. The summed E-state index contributed by atoms with van der Waals surface area (Å²) in [4.78, 5) is 40.6. The first-order valence-corrected chi connectivity index (χ1v) is 11.6. The number of β-amino-alcohol motifs (C(OH)–C–C–N with tert-alkyl or cyclic N) is 1. The van der Waals surface area contributed by atoms with Gasteiger partial charge < -0.3 is 25.4 Å². The summed E-state index contributed by atoms with van der Waals surface area (Å²) >= 11 is 3.62. The van der Waals surface area contributed by atoms with Crippen molar-refractivity contribution in [2.75, 3.05) is 26.2 Å². The van der Waals surface area contributed by atoms with Crippen LogP contribution in [0.2, 0.25) is 0 Å². The van der Waals surface area contributed by atoms with Crippen LogP contribution in [0, 0.1) is 11.8 Å². The second kappa shape index (κ2) is 9.31. The van der Waals surface area contributed by atoms with Gasteiger partial charge in [0, 0.05) is 24.5 Å². The minimum atomic E-state index is -1.03. The van der Waals surface area contributed by atoms with E-state index in [9.17, 15) is 19.5 Å². The molecule has 0 aromatic rings. The number of hydrogen-bond donors (Lipinski definition) is 3. The van der Waals surface area contributed by atoms with E-state index in [1.54, 1.807) is 0 Å².